The maximum absolute atomic E-state index is 13.0. The highest BCUT2D eigenvalue weighted by molar-refractivity contribution is 7.89. The van der Waals surface area contributed by atoms with Gasteiger partial charge in [-0.1, -0.05) is 11.6 Å². The zero-order valence-electron chi connectivity index (χ0n) is 18.4. The minimum Gasteiger partial charge on any atom is -0.482 e. The number of fused-ring (bicyclic) bond motifs is 1. The molecule has 0 aliphatic carbocycles. The van der Waals surface area contributed by atoms with Gasteiger partial charge in [0.2, 0.25) is 15.9 Å². The lowest BCUT2D eigenvalue weighted by Crippen LogP contribution is -2.51. The summed E-state index contributed by atoms with van der Waals surface area (Å²) in [6.45, 7) is -1.55. The molecular formula is C18H19ClF6N4O7S. The van der Waals surface area contributed by atoms with Crippen molar-refractivity contribution >= 4 is 45.1 Å². The average Bonchev–Trinajstić information content (AvgIpc) is 2.77. The van der Waals surface area contributed by atoms with Crippen LogP contribution in [-0.4, -0.2) is 98.7 Å². The minimum absolute atomic E-state index is 0.0277. The van der Waals surface area contributed by atoms with E-state index in [-0.39, 0.29) is 66.6 Å². The highest BCUT2D eigenvalue weighted by Crippen LogP contribution is 2.37. The van der Waals surface area contributed by atoms with Gasteiger partial charge in [-0.05, 0) is 6.07 Å². The number of aliphatic carboxylic acids is 1. The van der Waals surface area contributed by atoms with Crippen LogP contribution in [0, 0.1) is 0 Å². The van der Waals surface area contributed by atoms with Crippen molar-refractivity contribution in [2.24, 2.45) is 0 Å². The van der Waals surface area contributed by atoms with Gasteiger partial charge < -0.3 is 20.5 Å². The number of amides is 2. The number of hydrogen-bond donors (Lipinski definition) is 3. The SMILES string of the molecule is O=C(CN1CCN(S(=O)(=O)c2cc3c(cc2Cl)NC(=O)CO3)CC1)NCC(F)(F)F.O=C(O)C(F)(F)F. The normalized spacial score (nSPS) is 17.0. The summed E-state index contributed by atoms with van der Waals surface area (Å²) in [5.74, 6) is -3.75. The van der Waals surface area contributed by atoms with E-state index in [2.05, 4.69) is 5.32 Å². The van der Waals surface area contributed by atoms with Crippen LogP contribution < -0.4 is 15.4 Å². The molecule has 1 saturated heterocycles. The van der Waals surface area contributed by atoms with Crippen molar-refractivity contribution in [3.63, 3.8) is 0 Å². The second-order valence-electron chi connectivity index (χ2n) is 7.49. The quantitative estimate of drug-likeness (QED) is 0.439. The van der Waals surface area contributed by atoms with Crippen LogP contribution in [0.5, 0.6) is 5.75 Å². The number of piperazine rings is 1. The minimum atomic E-state index is -5.08. The number of nitrogens with zero attached hydrogens (tertiary/aromatic N) is 2. The zero-order chi connectivity index (χ0) is 28.2. The van der Waals surface area contributed by atoms with Crippen LogP contribution in [0.2, 0.25) is 5.02 Å². The summed E-state index contributed by atoms with van der Waals surface area (Å²) in [6, 6.07) is 2.53. The highest BCUT2D eigenvalue weighted by atomic mass is 35.5. The molecule has 0 saturated carbocycles. The molecule has 19 heteroatoms. The first kappa shape index (κ1) is 30.4. The maximum atomic E-state index is 13.0. The number of carbonyl (C=O) groups excluding carboxylic acids is 2. The number of rotatable bonds is 5. The fraction of sp³-hybridized carbons (Fsp3) is 0.500. The van der Waals surface area contributed by atoms with Gasteiger partial charge in [-0.3, -0.25) is 14.5 Å². The topological polar surface area (TPSA) is 145 Å². The van der Waals surface area contributed by atoms with E-state index in [1.54, 1.807) is 10.2 Å². The Bertz CT molecular complexity index is 1140. The van der Waals surface area contributed by atoms with Crippen LogP contribution in [0.4, 0.5) is 32.0 Å². The molecule has 0 bridgehead atoms. The number of ether oxygens (including phenoxy) is 1. The van der Waals surface area contributed by atoms with E-state index in [1.807, 2.05) is 0 Å². The molecule has 2 aliphatic rings. The van der Waals surface area contributed by atoms with Gasteiger partial charge in [-0.15, -0.1) is 0 Å². The number of hydrogen-bond acceptors (Lipinski definition) is 7. The second kappa shape index (κ2) is 11.7. The molecule has 2 aliphatic heterocycles. The fourth-order valence-electron chi connectivity index (χ4n) is 3.00. The smallest absolute Gasteiger partial charge is 0.482 e. The molecule has 11 nitrogen and oxygen atoms in total. The van der Waals surface area contributed by atoms with Gasteiger partial charge in [0.1, 0.15) is 17.2 Å². The Morgan fingerprint density at radius 1 is 1.11 bits per heavy atom. The molecule has 1 fully saturated rings. The second-order valence-corrected chi connectivity index (χ2v) is 9.80. The molecule has 3 N–H and O–H groups in total. The first-order valence-corrected chi connectivity index (χ1v) is 11.8. The van der Waals surface area contributed by atoms with E-state index in [1.165, 1.54) is 16.4 Å². The van der Waals surface area contributed by atoms with E-state index in [0.29, 0.717) is 0 Å². The summed E-state index contributed by atoms with van der Waals surface area (Å²) < 4.78 is 101. The summed E-state index contributed by atoms with van der Waals surface area (Å²) in [4.78, 5) is 33.3. The van der Waals surface area contributed by atoms with Crippen LogP contribution in [0.25, 0.3) is 0 Å². The third-order valence-corrected chi connectivity index (χ3v) is 7.08. The van der Waals surface area contributed by atoms with Gasteiger partial charge in [-0.25, -0.2) is 13.2 Å². The molecule has 2 amide bonds. The Morgan fingerprint density at radius 2 is 1.68 bits per heavy atom. The van der Waals surface area contributed by atoms with Crippen LogP contribution in [-0.2, 0) is 24.4 Å². The van der Waals surface area contributed by atoms with Crippen molar-refractivity contribution in [1.29, 1.82) is 0 Å². The molecular weight excluding hydrogens is 566 g/mol. The number of carboxylic acids is 1. The average molecular weight is 585 g/mol. The van der Waals surface area contributed by atoms with Gasteiger partial charge in [0, 0.05) is 32.2 Å². The van der Waals surface area contributed by atoms with Crippen LogP contribution in [0.15, 0.2) is 17.0 Å². The Kier molecular flexibility index (Phi) is 9.61. The monoisotopic (exact) mass is 584 g/mol. The van der Waals surface area contributed by atoms with Crippen molar-refractivity contribution in [2.75, 3.05) is 51.2 Å². The number of nitrogens with one attached hydrogen (secondary N) is 2. The summed E-state index contributed by atoms with van der Waals surface area (Å²) >= 11 is 6.11. The number of halogens is 7. The van der Waals surface area contributed by atoms with E-state index >= 15 is 0 Å². The number of sulfonamides is 1. The Morgan fingerprint density at radius 3 is 2.19 bits per heavy atom. The summed E-state index contributed by atoms with van der Waals surface area (Å²) in [5.41, 5.74) is 0.268. The largest absolute Gasteiger partial charge is 0.490 e. The van der Waals surface area contributed by atoms with Gasteiger partial charge in [0.05, 0.1) is 17.3 Å². The first-order valence-electron chi connectivity index (χ1n) is 10.0. The first-order chi connectivity index (χ1) is 16.9. The molecule has 0 atom stereocenters. The number of carboxylic acid groups (broad SMARTS) is 1. The lowest BCUT2D eigenvalue weighted by Gasteiger charge is -2.33. The zero-order valence-corrected chi connectivity index (χ0v) is 20.0. The Balaban J connectivity index is 0.000000604. The third kappa shape index (κ3) is 8.90. The van der Waals surface area contributed by atoms with Crippen molar-refractivity contribution < 1.29 is 59.0 Å². The number of alkyl halides is 6. The fourth-order valence-corrected chi connectivity index (χ4v) is 4.94. The highest BCUT2D eigenvalue weighted by Gasteiger charge is 2.38. The lowest BCUT2D eigenvalue weighted by molar-refractivity contribution is -0.192. The molecule has 2 heterocycles. The molecule has 3 rings (SSSR count). The Labute approximate surface area is 210 Å². The van der Waals surface area contributed by atoms with E-state index in [0.717, 1.165) is 0 Å². The van der Waals surface area contributed by atoms with Gasteiger partial charge in [0.15, 0.2) is 6.61 Å². The van der Waals surface area contributed by atoms with Crippen molar-refractivity contribution in [1.82, 2.24) is 14.5 Å². The maximum Gasteiger partial charge on any atom is 0.490 e. The number of anilines is 1. The predicted molar refractivity (Wildman–Crippen MR) is 114 cm³/mol. The van der Waals surface area contributed by atoms with E-state index in [4.69, 9.17) is 26.2 Å². The molecule has 1 aromatic carbocycles. The number of carbonyl (C=O) groups is 3. The molecule has 0 aromatic heterocycles. The van der Waals surface area contributed by atoms with Crippen molar-refractivity contribution in [3.05, 3.63) is 17.2 Å². The van der Waals surface area contributed by atoms with Crippen LogP contribution in [0.3, 0.4) is 0 Å². The van der Waals surface area contributed by atoms with Gasteiger partial charge in [-0.2, -0.15) is 30.6 Å². The van der Waals surface area contributed by atoms with E-state index in [9.17, 15) is 44.3 Å². The van der Waals surface area contributed by atoms with Gasteiger partial charge >= 0.3 is 18.3 Å². The van der Waals surface area contributed by atoms with Crippen molar-refractivity contribution in [2.45, 2.75) is 17.2 Å². The molecule has 0 unspecified atom stereocenters. The molecule has 0 spiro atoms. The lowest BCUT2D eigenvalue weighted by atomic mass is 10.2. The van der Waals surface area contributed by atoms with Gasteiger partial charge in [0.25, 0.3) is 5.91 Å². The third-order valence-electron chi connectivity index (χ3n) is 4.71. The Hall–Kier alpha value is -2.83. The number of benzene rings is 1. The van der Waals surface area contributed by atoms with Crippen LogP contribution >= 0.6 is 11.6 Å². The van der Waals surface area contributed by atoms with E-state index < -0.39 is 40.8 Å². The molecule has 1 aromatic rings. The standard InChI is InChI=1S/C16H18ClF3N4O5S.C2HF3O2/c17-10-5-11-12(29-8-15(26)22-11)6-13(10)30(27,28)24-3-1-23(2-4-24)7-14(25)21-9-16(18,19)20;3-2(4,5)1(6)7/h5-6H,1-4,7-9H2,(H,21,25)(H,22,26);(H,6,7). The van der Waals surface area contributed by atoms with Crippen molar-refractivity contribution in [3.8, 4) is 5.75 Å². The molecule has 208 valence electrons. The summed E-state index contributed by atoms with van der Waals surface area (Å²) in [5, 5.41) is 11.3. The predicted octanol–water partition coefficient (Wildman–Crippen LogP) is 1.29. The molecule has 0 radical (unpaired) electrons. The van der Waals surface area contributed by atoms with Crippen LogP contribution in [0.1, 0.15) is 0 Å². The molecule has 37 heavy (non-hydrogen) atoms. The summed E-state index contributed by atoms with van der Waals surface area (Å²) in [7, 11) is -3.99. The summed E-state index contributed by atoms with van der Waals surface area (Å²) in [6.07, 6.45) is -9.58.